The Kier molecular flexibility index (Phi) is 3.31. The molecular weight excluding hydrogens is 392 g/mol. The Bertz CT molecular complexity index is 1760. The second kappa shape index (κ2) is 7.07. The molecule has 0 spiro atoms. The monoisotopic (exact) mass is 419 g/mol. The summed E-state index contributed by atoms with van der Waals surface area (Å²) in [5.41, 5.74) is 6.70. The van der Waals surface area contributed by atoms with Gasteiger partial charge in [0.05, 0.1) is 17.2 Å². The van der Waals surface area contributed by atoms with Gasteiger partial charge in [-0.3, -0.25) is 0 Å². The van der Waals surface area contributed by atoms with Gasteiger partial charge in [-0.25, -0.2) is 4.57 Å². The molecule has 3 aromatic carbocycles. The van der Waals surface area contributed by atoms with E-state index in [0.717, 1.165) is 33.2 Å². The number of pyridine rings is 1. The maximum absolute atomic E-state index is 9.98. The Hall–Kier alpha value is -3.90. The van der Waals surface area contributed by atoms with E-state index < -0.39 is 12.7 Å². The summed E-state index contributed by atoms with van der Waals surface area (Å²) in [7, 11) is 1.99. The normalized spacial score (nSPS) is 17.9. The molecule has 0 radical (unpaired) electrons. The van der Waals surface area contributed by atoms with E-state index in [1.165, 1.54) is 0 Å². The number of furan rings is 1. The van der Waals surface area contributed by atoms with Crippen LogP contribution < -0.4 is 4.57 Å². The predicted octanol–water partition coefficient (Wildman–Crippen LogP) is 6.41. The molecule has 3 heteroatoms. The van der Waals surface area contributed by atoms with Gasteiger partial charge in [0.25, 0.3) is 0 Å². The maximum atomic E-state index is 9.98. The van der Waals surface area contributed by atoms with E-state index in [-0.39, 0.29) is 6.42 Å². The van der Waals surface area contributed by atoms with Crippen LogP contribution in [0.2, 0.25) is 0 Å². The van der Waals surface area contributed by atoms with Crippen LogP contribution in [0, 0.1) is 18.3 Å². The van der Waals surface area contributed by atoms with Gasteiger partial charge in [-0.05, 0) is 66.5 Å². The summed E-state index contributed by atoms with van der Waals surface area (Å²) in [5, 5.41) is 11.8. The SMILES string of the molecule is [2H]C1([2H])CC([2H])([2H])c2cc(-c3c(C#N)ccc4c3oc3c(-c5cccc[n+]5C)c(C)ccc34)ccc21. The zero-order valence-corrected chi connectivity index (χ0v) is 17.9. The maximum Gasteiger partial charge on any atom is 0.216 e. The largest absolute Gasteiger partial charge is 0.454 e. The van der Waals surface area contributed by atoms with Gasteiger partial charge in [0.1, 0.15) is 18.2 Å². The average molecular weight is 420 g/mol. The fourth-order valence-electron chi connectivity index (χ4n) is 4.72. The van der Waals surface area contributed by atoms with Crippen molar-refractivity contribution in [2.75, 3.05) is 0 Å². The molecule has 154 valence electrons. The first-order valence-electron chi connectivity index (χ1n) is 12.6. The number of nitriles is 1. The fourth-order valence-corrected chi connectivity index (χ4v) is 4.72. The molecule has 3 nitrogen and oxygen atoms in total. The van der Waals surface area contributed by atoms with Crippen molar-refractivity contribution in [3.05, 3.63) is 89.1 Å². The highest BCUT2D eigenvalue weighted by molar-refractivity contribution is 6.14. The van der Waals surface area contributed by atoms with E-state index in [9.17, 15) is 5.26 Å². The third kappa shape index (κ3) is 2.70. The summed E-state index contributed by atoms with van der Waals surface area (Å²) in [4.78, 5) is 0. The number of fused-ring (bicyclic) bond motifs is 4. The zero-order chi connectivity index (χ0) is 25.4. The topological polar surface area (TPSA) is 40.8 Å². The highest BCUT2D eigenvalue weighted by atomic mass is 16.3. The van der Waals surface area contributed by atoms with Crippen LogP contribution in [0.1, 0.15) is 34.2 Å². The molecule has 6 rings (SSSR count). The van der Waals surface area contributed by atoms with E-state index in [1.54, 1.807) is 24.3 Å². The highest BCUT2D eigenvalue weighted by Gasteiger charge is 2.23. The smallest absolute Gasteiger partial charge is 0.216 e. The second-order valence-corrected chi connectivity index (χ2v) is 8.20. The fraction of sp³-hybridized carbons (Fsp3) is 0.172. The van der Waals surface area contributed by atoms with E-state index in [4.69, 9.17) is 9.90 Å². The van der Waals surface area contributed by atoms with Gasteiger partial charge in [0, 0.05) is 34.0 Å². The lowest BCUT2D eigenvalue weighted by molar-refractivity contribution is -0.660. The van der Waals surface area contributed by atoms with Crippen molar-refractivity contribution < 1.29 is 14.5 Å². The van der Waals surface area contributed by atoms with Crippen molar-refractivity contribution in [1.29, 1.82) is 5.26 Å². The van der Waals surface area contributed by atoms with Crippen LogP contribution in [-0.2, 0) is 19.8 Å². The van der Waals surface area contributed by atoms with Crippen LogP contribution in [0.4, 0.5) is 0 Å². The second-order valence-electron chi connectivity index (χ2n) is 8.20. The third-order valence-electron chi connectivity index (χ3n) is 6.32. The number of hydrogen-bond donors (Lipinski definition) is 0. The number of nitrogens with zero attached hydrogens (tertiary/aromatic N) is 2. The Morgan fingerprint density at radius 1 is 0.938 bits per heavy atom. The molecule has 0 saturated heterocycles. The molecule has 1 aliphatic rings. The summed E-state index contributed by atoms with van der Waals surface area (Å²) in [6, 6.07) is 21.2. The van der Waals surface area contributed by atoms with Crippen molar-refractivity contribution in [2.45, 2.75) is 26.1 Å². The molecule has 0 aliphatic heterocycles. The minimum Gasteiger partial charge on any atom is -0.454 e. The number of benzene rings is 3. The van der Waals surface area contributed by atoms with Gasteiger partial charge in [-0.2, -0.15) is 5.26 Å². The number of aromatic nitrogens is 1. The molecule has 32 heavy (non-hydrogen) atoms. The van der Waals surface area contributed by atoms with Gasteiger partial charge >= 0.3 is 0 Å². The van der Waals surface area contributed by atoms with Gasteiger partial charge in [0.15, 0.2) is 6.20 Å². The number of rotatable bonds is 2. The molecule has 0 saturated carbocycles. The number of aryl methyl sites for hydroxylation is 4. The Balaban J connectivity index is 1.68. The third-order valence-corrected chi connectivity index (χ3v) is 6.32. The van der Waals surface area contributed by atoms with Crippen LogP contribution in [0.15, 0.2) is 71.3 Å². The van der Waals surface area contributed by atoms with Crippen LogP contribution in [0.5, 0.6) is 0 Å². The Labute approximate surface area is 192 Å². The minimum absolute atomic E-state index is 0.227. The van der Waals surface area contributed by atoms with Gasteiger partial charge in [-0.15, -0.1) is 0 Å². The van der Waals surface area contributed by atoms with Gasteiger partial charge in [0.2, 0.25) is 5.69 Å². The van der Waals surface area contributed by atoms with Crippen molar-refractivity contribution in [1.82, 2.24) is 0 Å². The van der Waals surface area contributed by atoms with Crippen molar-refractivity contribution in [2.24, 2.45) is 7.05 Å². The van der Waals surface area contributed by atoms with Gasteiger partial charge < -0.3 is 4.42 Å². The first-order valence-corrected chi connectivity index (χ1v) is 10.6. The van der Waals surface area contributed by atoms with Gasteiger partial charge in [-0.1, -0.05) is 30.3 Å². The Morgan fingerprint density at radius 2 is 1.72 bits per heavy atom. The predicted molar refractivity (Wildman–Crippen MR) is 127 cm³/mol. The summed E-state index contributed by atoms with van der Waals surface area (Å²) in [5.74, 6) is 0. The van der Waals surface area contributed by atoms with E-state index in [1.807, 2.05) is 55.1 Å². The standard InChI is InChI=1S/C29H23N2O/c1-18-9-13-23-24-14-12-22(17-30)27(21-11-10-19-6-5-7-20(19)16-21)29(24)32-28(23)26(18)25-8-3-4-15-31(25)2/h3-4,8-16H,5-7H2,1-2H3/q+1/i6D2,7D2. The first kappa shape index (κ1) is 15.0. The molecule has 2 heterocycles. The van der Waals surface area contributed by atoms with Crippen molar-refractivity contribution in [3.63, 3.8) is 0 Å². The van der Waals surface area contributed by atoms with Crippen molar-refractivity contribution in [3.8, 4) is 28.5 Å². The molecule has 5 aromatic rings. The molecule has 0 N–H and O–H groups in total. The summed E-state index contributed by atoms with van der Waals surface area (Å²) >= 11 is 0. The van der Waals surface area contributed by atoms with E-state index in [2.05, 4.69) is 12.1 Å². The lowest BCUT2D eigenvalue weighted by Gasteiger charge is -2.08. The first-order chi connectivity index (χ1) is 17.1. The lowest BCUT2D eigenvalue weighted by atomic mass is 9.94. The summed E-state index contributed by atoms with van der Waals surface area (Å²) in [6.45, 7) is 2.05. The van der Waals surface area contributed by atoms with Crippen LogP contribution in [0.25, 0.3) is 44.3 Å². The number of hydrogen-bond acceptors (Lipinski definition) is 2. The van der Waals surface area contributed by atoms with Crippen molar-refractivity contribution >= 4 is 21.9 Å². The molecule has 0 fully saturated rings. The molecule has 0 atom stereocenters. The summed E-state index contributed by atoms with van der Waals surface area (Å²) < 4.78 is 42.1. The van der Waals surface area contributed by atoms with E-state index in [0.29, 0.717) is 33.4 Å². The quantitative estimate of drug-likeness (QED) is 0.310. The molecule has 0 amide bonds. The minimum atomic E-state index is -1.80. The lowest BCUT2D eigenvalue weighted by Crippen LogP contribution is -2.30. The van der Waals surface area contributed by atoms with E-state index >= 15 is 0 Å². The highest BCUT2D eigenvalue weighted by Crippen LogP contribution is 2.42. The molecule has 0 bridgehead atoms. The van der Waals surface area contributed by atoms with Crippen LogP contribution in [-0.4, -0.2) is 0 Å². The molecular formula is C29H23N2O+. The summed E-state index contributed by atoms with van der Waals surface area (Å²) in [6.07, 6.45) is -1.77. The van der Waals surface area contributed by atoms with Crippen LogP contribution in [0.3, 0.4) is 0 Å². The zero-order valence-electron chi connectivity index (χ0n) is 21.9. The molecule has 1 aliphatic carbocycles. The Morgan fingerprint density at radius 3 is 2.53 bits per heavy atom. The van der Waals surface area contributed by atoms with Crippen LogP contribution >= 0.6 is 0 Å². The molecule has 0 unspecified atom stereocenters. The molecule has 2 aromatic heterocycles. The average Bonchev–Trinajstić information content (AvgIpc) is 3.29.